The number of thiocarbonyl (C=S) groups is 1. The molecule has 0 saturated heterocycles. The van der Waals surface area contributed by atoms with Crippen LogP contribution in [0.5, 0.6) is 0 Å². The maximum atomic E-state index is 12.1. The van der Waals surface area contributed by atoms with Crippen LogP contribution in [0.15, 0.2) is 24.3 Å². The number of benzene rings is 1. The van der Waals surface area contributed by atoms with Crippen LogP contribution in [-0.4, -0.2) is 31.3 Å². The molecule has 1 aromatic carbocycles. The third-order valence-electron chi connectivity index (χ3n) is 3.78. The summed E-state index contributed by atoms with van der Waals surface area (Å²) in [5.74, 6) is -1.06. The van der Waals surface area contributed by atoms with Gasteiger partial charge in [-0.05, 0) is 42.8 Å². The van der Waals surface area contributed by atoms with Gasteiger partial charge in [0, 0.05) is 5.69 Å². The number of carbonyl (C=O) groups is 2. The van der Waals surface area contributed by atoms with E-state index in [-0.39, 0.29) is 5.56 Å². The predicted molar refractivity (Wildman–Crippen MR) is 107 cm³/mol. The second kappa shape index (κ2) is 8.77. The van der Waals surface area contributed by atoms with E-state index in [2.05, 4.69) is 17.6 Å². The van der Waals surface area contributed by atoms with Crippen LogP contribution >= 0.6 is 23.6 Å². The van der Waals surface area contributed by atoms with Crippen LogP contribution in [-0.2, 0) is 15.9 Å². The molecular weight excluding hydrogens is 372 g/mol. The van der Waals surface area contributed by atoms with Gasteiger partial charge in [-0.3, -0.25) is 0 Å². The molecule has 0 aliphatic rings. The first-order valence-corrected chi connectivity index (χ1v) is 9.11. The molecule has 0 aliphatic carbocycles. The number of para-hydroxylation sites is 1. The first-order chi connectivity index (χ1) is 12.4. The van der Waals surface area contributed by atoms with Gasteiger partial charge in [-0.15, -0.1) is 11.3 Å². The zero-order valence-electron chi connectivity index (χ0n) is 15.0. The fourth-order valence-corrected chi connectivity index (χ4v) is 3.84. The number of nitrogens with one attached hydrogen (secondary N) is 2. The Morgan fingerprint density at radius 2 is 1.77 bits per heavy atom. The first-order valence-electron chi connectivity index (χ1n) is 7.88. The maximum absolute atomic E-state index is 12.1. The van der Waals surface area contributed by atoms with Crippen molar-refractivity contribution in [1.82, 2.24) is 0 Å². The Labute approximate surface area is 161 Å². The summed E-state index contributed by atoms with van der Waals surface area (Å²) in [7, 11) is 2.58. The van der Waals surface area contributed by atoms with E-state index in [0.717, 1.165) is 29.0 Å². The summed E-state index contributed by atoms with van der Waals surface area (Å²) >= 11 is 6.47. The fourth-order valence-electron chi connectivity index (χ4n) is 2.44. The van der Waals surface area contributed by atoms with Gasteiger partial charge in [-0.2, -0.15) is 0 Å². The predicted octanol–water partition coefficient (Wildman–Crippen LogP) is 4.00. The van der Waals surface area contributed by atoms with Crippen molar-refractivity contribution in [3.8, 4) is 0 Å². The van der Waals surface area contributed by atoms with Crippen molar-refractivity contribution in [3.05, 3.63) is 45.8 Å². The summed E-state index contributed by atoms with van der Waals surface area (Å²) in [4.78, 5) is 24.4. The van der Waals surface area contributed by atoms with Crippen LogP contribution in [0.2, 0.25) is 0 Å². The van der Waals surface area contributed by atoms with Crippen molar-refractivity contribution in [2.24, 2.45) is 0 Å². The van der Waals surface area contributed by atoms with Crippen molar-refractivity contribution in [1.29, 1.82) is 0 Å². The quantitative estimate of drug-likeness (QED) is 0.588. The molecule has 1 aromatic heterocycles. The molecule has 26 heavy (non-hydrogen) atoms. The Bertz CT molecular complexity index is 846. The van der Waals surface area contributed by atoms with Crippen LogP contribution < -0.4 is 10.6 Å². The van der Waals surface area contributed by atoms with Gasteiger partial charge in [0.2, 0.25) is 0 Å². The van der Waals surface area contributed by atoms with Gasteiger partial charge in [0.1, 0.15) is 9.88 Å². The van der Waals surface area contributed by atoms with Crippen molar-refractivity contribution < 1.29 is 19.1 Å². The van der Waals surface area contributed by atoms with Gasteiger partial charge < -0.3 is 20.1 Å². The van der Waals surface area contributed by atoms with Gasteiger partial charge >= 0.3 is 11.9 Å². The maximum Gasteiger partial charge on any atom is 0.348 e. The number of anilines is 2. The lowest BCUT2D eigenvalue weighted by molar-refractivity contribution is 0.0601. The van der Waals surface area contributed by atoms with Gasteiger partial charge in [-0.1, -0.05) is 25.1 Å². The zero-order chi connectivity index (χ0) is 19.3. The SMILES string of the molecule is CCc1ccccc1NC(=S)Nc1sc(C(=O)OC)c(C)c1C(=O)OC. The van der Waals surface area contributed by atoms with Gasteiger partial charge in [0.15, 0.2) is 5.11 Å². The topological polar surface area (TPSA) is 76.7 Å². The van der Waals surface area contributed by atoms with Crippen LogP contribution in [0, 0.1) is 6.92 Å². The molecule has 1 heterocycles. The van der Waals surface area contributed by atoms with Crippen LogP contribution in [0.4, 0.5) is 10.7 Å². The third kappa shape index (κ3) is 4.20. The van der Waals surface area contributed by atoms with E-state index < -0.39 is 11.9 Å². The molecule has 0 unspecified atom stereocenters. The summed E-state index contributed by atoms with van der Waals surface area (Å²) in [6.45, 7) is 3.72. The monoisotopic (exact) mass is 392 g/mol. The van der Waals surface area contributed by atoms with Gasteiger partial charge in [-0.25, -0.2) is 9.59 Å². The second-order valence-electron chi connectivity index (χ2n) is 5.33. The number of rotatable bonds is 5. The minimum atomic E-state index is -0.548. The molecule has 0 amide bonds. The molecule has 0 aliphatic heterocycles. The number of aryl methyl sites for hydroxylation is 1. The van der Waals surface area contributed by atoms with Crippen molar-refractivity contribution in [3.63, 3.8) is 0 Å². The lowest BCUT2D eigenvalue weighted by atomic mass is 10.1. The highest BCUT2D eigenvalue weighted by molar-refractivity contribution is 7.80. The van der Waals surface area contributed by atoms with E-state index >= 15 is 0 Å². The summed E-state index contributed by atoms with van der Waals surface area (Å²) in [5, 5.41) is 6.87. The van der Waals surface area contributed by atoms with Crippen molar-refractivity contribution in [2.45, 2.75) is 20.3 Å². The van der Waals surface area contributed by atoms with Crippen molar-refractivity contribution >= 4 is 51.3 Å². The second-order valence-corrected chi connectivity index (χ2v) is 6.76. The smallest absolute Gasteiger partial charge is 0.348 e. The molecule has 0 fully saturated rings. The summed E-state index contributed by atoms with van der Waals surface area (Å²) in [6, 6.07) is 7.80. The zero-order valence-corrected chi connectivity index (χ0v) is 16.6. The van der Waals surface area contributed by atoms with E-state index in [1.165, 1.54) is 14.2 Å². The van der Waals surface area contributed by atoms with E-state index in [1.807, 2.05) is 24.3 Å². The molecule has 2 N–H and O–H groups in total. The van der Waals surface area contributed by atoms with E-state index in [1.54, 1.807) is 6.92 Å². The number of methoxy groups -OCH3 is 2. The number of carbonyl (C=O) groups excluding carboxylic acids is 2. The lowest BCUT2D eigenvalue weighted by Gasteiger charge is -2.13. The lowest BCUT2D eigenvalue weighted by Crippen LogP contribution is -2.20. The number of ether oxygens (including phenoxy) is 2. The Morgan fingerprint density at radius 3 is 2.38 bits per heavy atom. The molecule has 0 spiro atoms. The molecule has 8 heteroatoms. The van der Waals surface area contributed by atoms with Crippen LogP contribution in [0.3, 0.4) is 0 Å². The largest absolute Gasteiger partial charge is 0.465 e. The summed E-state index contributed by atoms with van der Waals surface area (Å²) in [6.07, 6.45) is 0.851. The highest BCUT2D eigenvalue weighted by atomic mass is 32.1. The average molecular weight is 393 g/mol. The molecule has 138 valence electrons. The van der Waals surface area contributed by atoms with E-state index in [4.69, 9.17) is 21.7 Å². The minimum absolute atomic E-state index is 0.269. The Kier molecular flexibility index (Phi) is 6.70. The highest BCUT2D eigenvalue weighted by Crippen LogP contribution is 2.34. The Balaban J connectivity index is 2.31. The third-order valence-corrected chi connectivity index (χ3v) is 5.17. The molecule has 0 bridgehead atoms. The highest BCUT2D eigenvalue weighted by Gasteiger charge is 2.26. The van der Waals surface area contributed by atoms with E-state index in [9.17, 15) is 9.59 Å². The Morgan fingerprint density at radius 1 is 1.12 bits per heavy atom. The minimum Gasteiger partial charge on any atom is -0.465 e. The van der Waals surface area contributed by atoms with Crippen LogP contribution in [0.25, 0.3) is 0 Å². The molecule has 0 atom stereocenters. The first kappa shape index (κ1) is 19.9. The number of hydrogen-bond acceptors (Lipinski definition) is 6. The molecule has 2 rings (SSSR count). The summed E-state index contributed by atoms with van der Waals surface area (Å²) < 4.78 is 9.61. The molecule has 0 saturated carbocycles. The normalized spacial score (nSPS) is 10.2. The number of hydrogen-bond donors (Lipinski definition) is 2. The number of esters is 2. The van der Waals surface area contributed by atoms with Gasteiger partial charge in [0.05, 0.1) is 19.8 Å². The average Bonchev–Trinajstić information content (AvgIpc) is 2.96. The molecular formula is C18H20N2O4S2. The molecule has 2 aromatic rings. The standard InChI is InChI=1S/C18H20N2O4S2/c1-5-11-8-6-7-9-12(11)19-18(25)20-15-13(16(21)23-3)10(2)14(26-15)17(22)24-4/h6-9H,5H2,1-4H3,(H2,19,20,25). The van der Waals surface area contributed by atoms with Crippen LogP contribution in [0.1, 0.15) is 38.1 Å². The van der Waals surface area contributed by atoms with Crippen molar-refractivity contribution in [2.75, 3.05) is 24.9 Å². The van der Waals surface area contributed by atoms with E-state index in [0.29, 0.717) is 20.6 Å². The molecule has 0 radical (unpaired) electrons. The van der Waals surface area contributed by atoms with Gasteiger partial charge in [0.25, 0.3) is 0 Å². The Hall–Kier alpha value is -2.45. The molecule has 6 nitrogen and oxygen atoms in total. The summed E-state index contributed by atoms with van der Waals surface area (Å²) in [5.41, 5.74) is 2.76. The number of thiophene rings is 1. The fraction of sp³-hybridized carbons (Fsp3) is 0.278.